The molecule has 2 aliphatic heterocycles. The quantitative estimate of drug-likeness (QED) is 0.916. The van der Waals surface area contributed by atoms with E-state index in [1.807, 2.05) is 17.0 Å². The molecule has 1 amide bonds. The minimum atomic E-state index is -0.438. The molecule has 6 heteroatoms. The molecule has 0 aromatic heterocycles. The number of hydrogen-bond donors (Lipinski definition) is 1. The molecule has 2 aliphatic rings. The largest absolute Gasteiger partial charge is 0.384 e. The van der Waals surface area contributed by atoms with Gasteiger partial charge in [0.1, 0.15) is 0 Å². The summed E-state index contributed by atoms with van der Waals surface area (Å²) < 4.78 is 11.3. The van der Waals surface area contributed by atoms with Gasteiger partial charge in [0.05, 0.1) is 24.8 Å². The number of anilines is 1. The second-order valence-electron chi connectivity index (χ2n) is 5.86. The van der Waals surface area contributed by atoms with Crippen molar-refractivity contribution in [3.05, 3.63) is 29.8 Å². The third kappa shape index (κ3) is 3.81. The molecule has 0 unspecified atom stereocenters. The summed E-state index contributed by atoms with van der Waals surface area (Å²) in [4.78, 5) is 14.1. The summed E-state index contributed by atoms with van der Waals surface area (Å²) in [6.45, 7) is 3.23. The second-order valence-corrected chi connectivity index (χ2v) is 5.86. The summed E-state index contributed by atoms with van der Waals surface area (Å²) >= 11 is 0. The highest BCUT2D eigenvalue weighted by atomic mass is 16.7. The molecule has 0 bridgehead atoms. The van der Waals surface area contributed by atoms with Gasteiger partial charge in [0.2, 0.25) is 5.91 Å². The van der Waals surface area contributed by atoms with Crippen LogP contribution in [0.3, 0.4) is 0 Å². The number of piperidine rings is 1. The lowest BCUT2D eigenvalue weighted by atomic mass is 10.0. The summed E-state index contributed by atoms with van der Waals surface area (Å²) in [5.74, 6) is -0.297. The van der Waals surface area contributed by atoms with Crippen molar-refractivity contribution in [2.75, 3.05) is 38.2 Å². The van der Waals surface area contributed by atoms with Crippen LogP contribution in [0.15, 0.2) is 24.3 Å². The van der Waals surface area contributed by atoms with E-state index in [0.717, 1.165) is 18.5 Å². The van der Waals surface area contributed by atoms with Crippen molar-refractivity contribution < 1.29 is 14.3 Å². The van der Waals surface area contributed by atoms with Crippen molar-refractivity contribution in [1.82, 2.24) is 4.90 Å². The monoisotopic (exact) mass is 315 g/mol. The van der Waals surface area contributed by atoms with E-state index in [9.17, 15) is 4.79 Å². The van der Waals surface area contributed by atoms with Gasteiger partial charge in [-0.05, 0) is 18.2 Å². The first-order valence-electron chi connectivity index (χ1n) is 8.00. The fourth-order valence-electron chi connectivity index (χ4n) is 3.05. The third-order valence-corrected chi connectivity index (χ3v) is 4.35. The van der Waals surface area contributed by atoms with Crippen LogP contribution in [0.25, 0.3) is 0 Å². The number of nitrogens with zero attached hydrogens (tertiary/aromatic N) is 2. The fourth-order valence-corrected chi connectivity index (χ4v) is 3.05. The predicted molar refractivity (Wildman–Crippen MR) is 84.7 cm³/mol. The lowest BCUT2D eigenvalue weighted by Crippen LogP contribution is -2.47. The average Bonchev–Trinajstić information content (AvgIpc) is 3.03. The van der Waals surface area contributed by atoms with Crippen molar-refractivity contribution in [2.24, 2.45) is 0 Å². The average molecular weight is 315 g/mol. The Morgan fingerprint density at radius 3 is 2.74 bits per heavy atom. The molecule has 2 heterocycles. The maximum absolute atomic E-state index is 12.3. The molecular weight excluding hydrogens is 294 g/mol. The molecule has 23 heavy (non-hydrogen) atoms. The van der Waals surface area contributed by atoms with Crippen LogP contribution >= 0.6 is 0 Å². The minimum Gasteiger partial charge on any atom is -0.384 e. The Kier molecular flexibility index (Phi) is 4.79. The van der Waals surface area contributed by atoms with Crippen LogP contribution < -0.4 is 5.32 Å². The summed E-state index contributed by atoms with van der Waals surface area (Å²) in [6, 6.07) is 9.36. The zero-order valence-electron chi connectivity index (χ0n) is 13.1. The highest BCUT2D eigenvalue weighted by molar-refractivity contribution is 5.76. The van der Waals surface area contributed by atoms with Crippen molar-refractivity contribution in [2.45, 2.75) is 25.0 Å². The van der Waals surface area contributed by atoms with E-state index in [2.05, 4.69) is 11.4 Å². The summed E-state index contributed by atoms with van der Waals surface area (Å²) in [6.07, 6.45) is 1.93. The van der Waals surface area contributed by atoms with E-state index in [4.69, 9.17) is 14.7 Å². The van der Waals surface area contributed by atoms with Gasteiger partial charge in [-0.3, -0.25) is 4.79 Å². The highest BCUT2D eigenvalue weighted by Crippen LogP contribution is 2.31. The van der Waals surface area contributed by atoms with Crippen molar-refractivity contribution in [1.29, 1.82) is 5.26 Å². The van der Waals surface area contributed by atoms with E-state index in [1.54, 1.807) is 12.1 Å². The van der Waals surface area contributed by atoms with Gasteiger partial charge in [-0.15, -0.1) is 0 Å². The molecule has 0 atom stereocenters. The fraction of sp³-hybridized carbons (Fsp3) is 0.529. The number of carbonyl (C=O) groups excluding carboxylic acids is 1. The van der Waals surface area contributed by atoms with Crippen molar-refractivity contribution in [3.63, 3.8) is 0 Å². The zero-order chi connectivity index (χ0) is 16.1. The standard InChI is InChI=1S/C17H21N3O3/c18-13-14-2-1-3-15(12-14)19-7-4-16(21)20-8-5-17(6-9-20)22-10-11-23-17/h1-3,12,19H,4-11H2. The van der Waals surface area contributed by atoms with Crippen LogP contribution in [-0.4, -0.2) is 49.4 Å². The lowest BCUT2D eigenvalue weighted by molar-refractivity contribution is -0.187. The van der Waals surface area contributed by atoms with Crippen LogP contribution in [-0.2, 0) is 14.3 Å². The van der Waals surface area contributed by atoms with Crippen molar-refractivity contribution in [3.8, 4) is 6.07 Å². The molecule has 0 saturated carbocycles. The number of hydrogen-bond acceptors (Lipinski definition) is 5. The zero-order valence-corrected chi connectivity index (χ0v) is 13.1. The first-order valence-corrected chi connectivity index (χ1v) is 8.00. The molecule has 2 saturated heterocycles. The van der Waals surface area contributed by atoms with Crippen LogP contribution in [0.5, 0.6) is 0 Å². The first kappa shape index (κ1) is 15.8. The molecular formula is C17H21N3O3. The Bertz CT molecular complexity index is 595. The Morgan fingerprint density at radius 1 is 1.30 bits per heavy atom. The first-order chi connectivity index (χ1) is 11.2. The Hall–Kier alpha value is -2.10. The molecule has 1 spiro atoms. The number of nitrogens with one attached hydrogen (secondary N) is 1. The normalized spacial score (nSPS) is 19.5. The van der Waals surface area contributed by atoms with Crippen LogP contribution in [0.1, 0.15) is 24.8 Å². The Labute approximate surface area is 136 Å². The SMILES string of the molecule is N#Cc1cccc(NCCC(=O)N2CCC3(CC2)OCCO3)c1. The number of carbonyl (C=O) groups is 1. The van der Waals surface area contributed by atoms with Gasteiger partial charge in [-0.25, -0.2) is 0 Å². The molecule has 0 radical (unpaired) electrons. The molecule has 122 valence electrons. The third-order valence-electron chi connectivity index (χ3n) is 4.35. The number of likely N-dealkylation sites (tertiary alicyclic amines) is 1. The van der Waals surface area contributed by atoms with Gasteiger partial charge in [-0.2, -0.15) is 5.26 Å². The smallest absolute Gasteiger partial charge is 0.224 e. The molecule has 1 aromatic carbocycles. The van der Waals surface area contributed by atoms with E-state index >= 15 is 0 Å². The van der Waals surface area contributed by atoms with Crippen molar-refractivity contribution >= 4 is 11.6 Å². The molecule has 1 aromatic rings. The minimum absolute atomic E-state index is 0.141. The van der Waals surface area contributed by atoms with Gasteiger partial charge in [-0.1, -0.05) is 6.07 Å². The van der Waals surface area contributed by atoms with Crippen LogP contribution in [0, 0.1) is 11.3 Å². The van der Waals surface area contributed by atoms with E-state index in [-0.39, 0.29) is 5.91 Å². The summed E-state index contributed by atoms with van der Waals surface area (Å²) in [5.41, 5.74) is 1.47. The Morgan fingerprint density at radius 2 is 2.04 bits per heavy atom. The number of nitriles is 1. The molecule has 2 fully saturated rings. The maximum atomic E-state index is 12.3. The van der Waals surface area contributed by atoms with Crippen LogP contribution in [0.2, 0.25) is 0 Å². The molecule has 3 rings (SSSR count). The Balaban J connectivity index is 1.42. The lowest BCUT2D eigenvalue weighted by Gasteiger charge is -2.37. The maximum Gasteiger partial charge on any atom is 0.224 e. The van der Waals surface area contributed by atoms with Gasteiger partial charge in [0, 0.05) is 44.6 Å². The van der Waals surface area contributed by atoms with E-state index in [0.29, 0.717) is 44.8 Å². The van der Waals surface area contributed by atoms with Gasteiger partial charge in [0.15, 0.2) is 5.79 Å². The molecule has 1 N–H and O–H groups in total. The van der Waals surface area contributed by atoms with E-state index < -0.39 is 5.79 Å². The molecule has 0 aliphatic carbocycles. The number of amides is 1. The van der Waals surface area contributed by atoms with Gasteiger partial charge < -0.3 is 19.7 Å². The van der Waals surface area contributed by atoms with Gasteiger partial charge in [0.25, 0.3) is 0 Å². The molecule has 6 nitrogen and oxygen atoms in total. The topological polar surface area (TPSA) is 74.6 Å². The number of ether oxygens (including phenoxy) is 2. The summed E-state index contributed by atoms with van der Waals surface area (Å²) in [5, 5.41) is 12.1. The van der Waals surface area contributed by atoms with Crippen LogP contribution in [0.4, 0.5) is 5.69 Å². The van der Waals surface area contributed by atoms with Gasteiger partial charge >= 0.3 is 0 Å². The van der Waals surface area contributed by atoms with E-state index in [1.165, 1.54) is 0 Å². The highest BCUT2D eigenvalue weighted by Gasteiger charge is 2.40. The number of rotatable bonds is 4. The second kappa shape index (κ2) is 6.99. The predicted octanol–water partition coefficient (Wildman–Crippen LogP) is 1.73. The summed E-state index contributed by atoms with van der Waals surface area (Å²) in [7, 11) is 0. The number of benzene rings is 1.